The topological polar surface area (TPSA) is 59.3 Å². The average Bonchev–Trinajstić information content (AvgIpc) is 2.54. The Bertz CT molecular complexity index is 738. The molecule has 0 aromatic heterocycles. The Balaban J connectivity index is 1.90. The van der Waals surface area contributed by atoms with E-state index >= 15 is 0 Å². The Kier molecular flexibility index (Phi) is 5.86. The fourth-order valence-corrected chi connectivity index (χ4v) is 2.23. The molecule has 118 valence electrons. The fraction of sp³-hybridized carbons (Fsp3) is 0.176. The number of hydrogen-bond acceptors (Lipinski definition) is 4. The quantitative estimate of drug-likeness (QED) is 0.751. The van der Waals surface area contributed by atoms with Crippen LogP contribution in [0.4, 0.5) is 0 Å². The van der Waals surface area contributed by atoms with Gasteiger partial charge in [-0.1, -0.05) is 29.3 Å². The molecule has 0 radical (unpaired) electrons. The Morgan fingerprint density at radius 1 is 1.22 bits per heavy atom. The molecule has 0 heterocycles. The first-order valence-corrected chi connectivity index (χ1v) is 7.52. The minimum atomic E-state index is -0.783. The zero-order valence-corrected chi connectivity index (χ0v) is 13.8. The van der Waals surface area contributed by atoms with Crippen LogP contribution in [0.25, 0.3) is 0 Å². The third-order valence-corrected chi connectivity index (χ3v) is 3.60. The van der Waals surface area contributed by atoms with Crippen molar-refractivity contribution in [2.24, 2.45) is 0 Å². The van der Waals surface area contributed by atoms with Gasteiger partial charge in [0.2, 0.25) is 0 Å². The van der Waals surface area contributed by atoms with Crippen molar-refractivity contribution in [3.05, 3.63) is 63.6 Å². The van der Waals surface area contributed by atoms with Crippen LogP contribution in [0.2, 0.25) is 10.0 Å². The number of halogens is 2. The van der Waals surface area contributed by atoms with Crippen molar-refractivity contribution in [3.63, 3.8) is 0 Å². The highest BCUT2D eigenvalue weighted by Crippen LogP contribution is 2.22. The molecule has 1 atom stereocenters. The number of esters is 1. The first-order chi connectivity index (χ1) is 11.0. The van der Waals surface area contributed by atoms with E-state index in [-0.39, 0.29) is 6.61 Å². The van der Waals surface area contributed by atoms with Crippen LogP contribution in [0.15, 0.2) is 42.5 Å². The van der Waals surface area contributed by atoms with Gasteiger partial charge in [-0.25, -0.2) is 4.79 Å². The summed E-state index contributed by atoms with van der Waals surface area (Å²) in [5.74, 6) is -0.0293. The van der Waals surface area contributed by atoms with Crippen molar-refractivity contribution in [3.8, 4) is 11.8 Å². The highest BCUT2D eigenvalue weighted by atomic mass is 35.5. The summed E-state index contributed by atoms with van der Waals surface area (Å²) in [6, 6.07) is 13.4. The molecule has 23 heavy (non-hydrogen) atoms. The summed E-state index contributed by atoms with van der Waals surface area (Å²) in [4.78, 5) is 12.0. The zero-order chi connectivity index (χ0) is 16.8. The van der Waals surface area contributed by atoms with Gasteiger partial charge in [0.25, 0.3) is 0 Å². The molecule has 0 N–H and O–H groups in total. The summed E-state index contributed by atoms with van der Waals surface area (Å²) < 4.78 is 10.7. The van der Waals surface area contributed by atoms with E-state index in [1.807, 2.05) is 6.07 Å². The first kappa shape index (κ1) is 17.1. The van der Waals surface area contributed by atoms with Crippen molar-refractivity contribution in [1.29, 1.82) is 5.26 Å². The number of carbonyl (C=O) groups is 1. The summed E-state index contributed by atoms with van der Waals surface area (Å²) in [5.41, 5.74) is 1.18. The predicted octanol–water partition coefficient (Wildman–Crippen LogP) is 4.38. The van der Waals surface area contributed by atoms with Crippen molar-refractivity contribution < 1.29 is 14.3 Å². The van der Waals surface area contributed by atoms with Crippen molar-refractivity contribution >= 4 is 29.2 Å². The molecule has 0 saturated heterocycles. The summed E-state index contributed by atoms with van der Waals surface area (Å²) in [7, 11) is 0. The van der Waals surface area contributed by atoms with E-state index in [9.17, 15) is 4.79 Å². The molecule has 4 nitrogen and oxygen atoms in total. The first-order valence-electron chi connectivity index (χ1n) is 6.77. The van der Waals surface area contributed by atoms with Gasteiger partial charge in [0.1, 0.15) is 12.4 Å². The van der Waals surface area contributed by atoms with Crippen LogP contribution in [-0.4, -0.2) is 12.1 Å². The Morgan fingerprint density at radius 3 is 2.52 bits per heavy atom. The molecule has 0 saturated carbocycles. The van der Waals surface area contributed by atoms with Gasteiger partial charge in [0, 0.05) is 15.6 Å². The molecule has 0 bridgehead atoms. The third-order valence-electron chi connectivity index (χ3n) is 3.01. The molecule has 6 heteroatoms. The Hall–Kier alpha value is -2.22. The second-order valence-corrected chi connectivity index (χ2v) is 5.58. The van der Waals surface area contributed by atoms with E-state index in [0.29, 0.717) is 26.9 Å². The van der Waals surface area contributed by atoms with E-state index < -0.39 is 12.1 Å². The lowest BCUT2D eigenvalue weighted by molar-refractivity contribution is -0.152. The normalized spacial score (nSPS) is 11.4. The molecule has 0 aliphatic heterocycles. The van der Waals surface area contributed by atoms with Gasteiger partial charge in [-0.15, -0.1) is 0 Å². The SMILES string of the molecule is C[C@@H](Oc1ccc(C#N)cc1)C(=O)OCc1ccc(Cl)cc1Cl. The third kappa shape index (κ3) is 4.88. The number of benzene rings is 2. The van der Waals surface area contributed by atoms with E-state index in [1.54, 1.807) is 49.4 Å². The summed E-state index contributed by atoms with van der Waals surface area (Å²) >= 11 is 11.8. The van der Waals surface area contributed by atoms with E-state index in [4.69, 9.17) is 37.9 Å². The van der Waals surface area contributed by atoms with E-state index in [2.05, 4.69) is 0 Å². The predicted molar refractivity (Wildman–Crippen MR) is 87.5 cm³/mol. The Labute approximate surface area is 144 Å². The monoisotopic (exact) mass is 349 g/mol. The van der Waals surface area contributed by atoms with Crippen LogP contribution in [0.3, 0.4) is 0 Å². The van der Waals surface area contributed by atoms with Crippen molar-refractivity contribution in [2.45, 2.75) is 19.6 Å². The maximum absolute atomic E-state index is 12.0. The molecule has 2 aromatic rings. The van der Waals surface area contributed by atoms with Crippen LogP contribution in [0.1, 0.15) is 18.1 Å². The van der Waals surface area contributed by atoms with Gasteiger partial charge in [-0.2, -0.15) is 5.26 Å². The molecule has 2 aromatic carbocycles. The average molecular weight is 350 g/mol. The molecule has 2 rings (SSSR count). The van der Waals surface area contributed by atoms with Crippen molar-refractivity contribution in [1.82, 2.24) is 0 Å². The molecule has 0 unspecified atom stereocenters. The van der Waals surface area contributed by atoms with Crippen LogP contribution in [-0.2, 0) is 16.1 Å². The number of nitrogens with zero attached hydrogens (tertiary/aromatic N) is 1. The second-order valence-electron chi connectivity index (χ2n) is 4.74. The number of ether oxygens (including phenoxy) is 2. The summed E-state index contributed by atoms with van der Waals surface area (Å²) in [6.45, 7) is 1.62. The molecule has 0 aliphatic carbocycles. The largest absolute Gasteiger partial charge is 0.479 e. The molecular formula is C17H13Cl2NO3. The smallest absolute Gasteiger partial charge is 0.347 e. The molecule has 0 fully saturated rings. The summed E-state index contributed by atoms with van der Waals surface area (Å²) in [5, 5.41) is 9.68. The maximum Gasteiger partial charge on any atom is 0.347 e. The van der Waals surface area contributed by atoms with Gasteiger partial charge in [0.15, 0.2) is 6.10 Å². The number of carbonyl (C=O) groups excluding carboxylic acids is 1. The minimum Gasteiger partial charge on any atom is -0.479 e. The lowest BCUT2D eigenvalue weighted by Crippen LogP contribution is -2.26. The van der Waals surface area contributed by atoms with Gasteiger partial charge in [0.05, 0.1) is 11.6 Å². The van der Waals surface area contributed by atoms with Gasteiger partial charge in [-0.05, 0) is 43.3 Å². The molecule has 0 spiro atoms. The molecule has 0 amide bonds. The van der Waals surface area contributed by atoms with Crippen LogP contribution in [0.5, 0.6) is 5.75 Å². The Morgan fingerprint density at radius 2 is 1.91 bits per heavy atom. The second kappa shape index (κ2) is 7.87. The number of rotatable bonds is 5. The lowest BCUT2D eigenvalue weighted by atomic mass is 10.2. The van der Waals surface area contributed by atoms with Crippen LogP contribution < -0.4 is 4.74 Å². The minimum absolute atomic E-state index is 0.0376. The zero-order valence-electron chi connectivity index (χ0n) is 12.3. The fourth-order valence-electron chi connectivity index (χ4n) is 1.77. The molecular weight excluding hydrogens is 337 g/mol. The number of hydrogen-bond donors (Lipinski definition) is 0. The van der Waals surface area contributed by atoms with Gasteiger partial charge >= 0.3 is 5.97 Å². The van der Waals surface area contributed by atoms with Gasteiger partial charge in [-0.3, -0.25) is 0 Å². The van der Waals surface area contributed by atoms with Crippen molar-refractivity contribution in [2.75, 3.05) is 0 Å². The van der Waals surface area contributed by atoms with Crippen LogP contribution in [0, 0.1) is 11.3 Å². The number of nitriles is 1. The van der Waals surface area contributed by atoms with E-state index in [0.717, 1.165) is 0 Å². The maximum atomic E-state index is 12.0. The van der Waals surface area contributed by atoms with Gasteiger partial charge < -0.3 is 9.47 Å². The van der Waals surface area contributed by atoms with Crippen LogP contribution >= 0.6 is 23.2 Å². The van der Waals surface area contributed by atoms with E-state index in [1.165, 1.54) is 0 Å². The standard InChI is InChI=1S/C17H13Cl2NO3/c1-11(23-15-6-2-12(9-20)3-7-15)17(21)22-10-13-4-5-14(18)8-16(13)19/h2-8,11H,10H2,1H3/t11-/m1/s1. The summed E-state index contributed by atoms with van der Waals surface area (Å²) in [6.07, 6.45) is -0.783. The molecule has 0 aliphatic rings. The highest BCUT2D eigenvalue weighted by molar-refractivity contribution is 6.35. The highest BCUT2D eigenvalue weighted by Gasteiger charge is 2.17. The lowest BCUT2D eigenvalue weighted by Gasteiger charge is -2.14.